The molecule has 0 radical (unpaired) electrons. The molecule has 6 heteroatoms. The molecule has 428 valence electrons. The molecule has 0 fully saturated rings. The van der Waals surface area contributed by atoms with Gasteiger partial charge in [-0.05, 0) is 122 Å². The Morgan fingerprint density at radius 2 is 0.547 bits per heavy atom. The topological polar surface area (TPSA) is 78.9 Å². The zero-order valence-electron chi connectivity index (χ0n) is 49.0. The zero-order chi connectivity index (χ0) is 54.3. The van der Waals surface area contributed by atoms with Gasteiger partial charge in [0.1, 0.15) is 13.2 Å². The summed E-state index contributed by atoms with van der Waals surface area (Å²) in [6.07, 6.45) is 85.3. The van der Waals surface area contributed by atoms with E-state index in [0.29, 0.717) is 19.3 Å². The molecule has 0 saturated carbocycles. The molecular formula is C69H116O6. The predicted octanol–water partition coefficient (Wildman–Crippen LogP) is 21.4. The highest BCUT2D eigenvalue weighted by molar-refractivity contribution is 5.71. The summed E-state index contributed by atoms with van der Waals surface area (Å²) < 4.78 is 16.8. The maximum Gasteiger partial charge on any atom is 0.306 e. The average Bonchev–Trinajstić information content (AvgIpc) is 3.41. The number of hydrogen-bond acceptors (Lipinski definition) is 6. The molecule has 1 unspecified atom stereocenters. The van der Waals surface area contributed by atoms with Crippen molar-refractivity contribution in [2.24, 2.45) is 0 Å². The first-order valence-electron chi connectivity index (χ1n) is 31.4. The average molecular weight is 1040 g/mol. The number of carbonyl (C=O) groups is 3. The summed E-state index contributed by atoms with van der Waals surface area (Å²) in [5.41, 5.74) is 0. The van der Waals surface area contributed by atoms with Crippen LogP contribution in [0.15, 0.2) is 109 Å². The van der Waals surface area contributed by atoms with Crippen LogP contribution in [0, 0.1) is 0 Å². The SMILES string of the molecule is CC/C=C\C/C=C\C/C=C\C/C=C\CCCCC(=O)OC(COC(=O)CCCCCCC/C=C\C/C=C\CCC)COC(=O)CCCCCCCCCCCCCCCC/C=C\C/C=C\C/C=C\CCCCCCC. The summed E-state index contributed by atoms with van der Waals surface area (Å²) >= 11 is 0. The largest absolute Gasteiger partial charge is 0.462 e. The second-order valence-electron chi connectivity index (χ2n) is 20.6. The van der Waals surface area contributed by atoms with Crippen molar-refractivity contribution < 1.29 is 28.6 Å². The number of allylic oxidation sites excluding steroid dienone is 18. The lowest BCUT2D eigenvalue weighted by Gasteiger charge is -2.18. The molecule has 0 saturated heterocycles. The molecule has 0 rings (SSSR count). The maximum absolute atomic E-state index is 12.8. The molecule has 6 nitrogen and oxygen atoms in total. The Labute approximate surface area is 463 Å². The molecule has 0 aliphatic rings. The van der Waals surface area contributed by atoms with Crippen molar-refractivity contribution in [2.75, 3.05) is 13.2 Å². The third-order valence-electron chi connectivity index (χ3n) is 13.2. The summed E-state index contributed by atoms with van der Waals surface area (Å²) in [6, 6.07) is 0. The maximum atomic E-state index is 12.8. The normalized spacial score (nSPS) is 12.8. The summed E-state index contributed by atoms with van der Waals surface area (Å²) in [5, 5.41) is 0. The first kappa shape index (κ1) is 71.1. The van der Waals surface area contributed by atoms with E-state index >= 15 is 0 Å². The van der Waals surface area contributed by atoms with Crippen molar-refractivity contribution in [3.8, 4) is 0 Å². The van der Waals surface area contributed by atoms with Crippen LogP contribution >= 0.6 is 0 Å². The van der Waals surface area contributed by atoms with E-state index in [2.05, 4.69) is 130 Å². The number of carbonyl (C=O) groups excluding carboxylic acids is 3. The van der Waals surface area contributed by atoms with E-state index in [-0.39, 0.29) is 37.5 Å². The van der Waals surface area contributed by atoms with Gasteiger partial charge in [0, 0.05) is 19.3 Å². The van der Waals surface area contributed by atoms with E-state index in [4.69, 9.17) is 14.2 Å². The Balaban J connectivity index is 4.27. The van der Waals surface area contributed by atoms with Gasteiger partial charge in [-0.15, -0.1) is 0 Å². The zero-order valence-corrected chi connectivity index (χ0v) is 49.0. The van der Waals surface area contributed by atoms with Gasteiger partial charge in [0.05, 0.1) is 0 Å². The Morgan fingerprint density at radius 1 is 0.280 bits per heavy atom. The van der Waals surface area contributed by atoms with Crippen molar-refractivity contribution in [1.29, 1.82) is 0 Å². The molecule has 0 aliphatic carbocycles. The summed E-state index contributed by atoms with van der Waals surface area (Å²) in [7, 11) is 0. The molecule has 0 N–H and O–H groups in total. The molecule has 0 amide bonds. The fourth-order valence-electron chi connectivity index (χ4n) is 8.54. The molecule has 0 spiro atoms. The standard InChI is InChI=1S/C69H116O6/c1-4-7-10-13-16-19-22-25-27-28-29-30-31-32-33-34-35-36-37-38-39-40-42-44-47-50-53-56-59-62-68(71)74-65-66(64-73-67(70)61-58-55-52-49-46-43-24-21-18-15-12-9-6-3)75-69(72)63-60-57-54-51-48-45-41-26-23-20-17-14-11-8-5-2/h8,11-12,15,17,20-22,24-26,28-29,31-32,41,48,51,66H,4-7,9-10,13-14,16,18-19,23,27,30,33-40,42-47,49-50,52-65H2,1-3H3/b11-8-,15-12-,20-17-,24-21-,25-22-,29-28-,32-31-,41-26-,51-48-. The van der Waals surface area contributed by atoms with Gasteiger partial charge in [-0.2, -0.15) is 0 Å². The van der Waals surface area contributed by atoms with Crippen LogP contribution in [0.2, 0.25) is 0 Å². The molecule has 75 heavy (non-hydrogen) atoms. The van der Waals surface area contributed by atoms with E-state index in [1.165, 1.54) is 122 Å². The monoisotopic (exact) mass is 1040 g/mol. The molecule has 0 aromatic carbocycles. The highest BCUT2D eigenvalue weighted by Gasteiger charge is 2.19. The minimum Gasteiger partial charge on any atom is -0.462 e. The number of ether oxygens (including phenoxy) is 3. The van der Waals surface area contributed by atoms with Crippen LogP contribution in [-0.2, 0) is 28.6 Å². The Morgan fingerprint density at radius 3 is 0.893 bits per heavy atom. The first-order valence-corrected chi connectivity index (χ1v) is 31.4. The van der Waals surface area contributed by atoms with Crippen LogP contribution in [0.25, 0.3) is 0 Å². The molecule has 0 heterocycles. The summed E-state index contributed by atoms with van der Waals surface area (Å²) in [6.45, 7) is 6.41. The van der Waals surface area contributed by atoms with E-state index < -0.39 is 6.10 Å². The lowest BCUT2D eigenvalue weighted by molar-refractivity contribution is -0.167. The van der Waals surface area contributed by atoms with Gasteiger partial charge < -0.3 is 14.2 Å². The second kappa shape index (κ2) is 62.6. The van der Waals surface area contributed by atoms with Gasteiger partial charge in [0.15, 0.2) is 6.10 Å². The smallest absolute Gasteiger partial charge is 0.306 e. The van der Waals surface area contributed by atoms with Gasteiger partial charge in [-0.25, -0.2) is 0 Å². The van der Waals surface area contributed by atoms with Crippen molar-refractivity contribution >= 4 is 17.9 Å². The Bertz CT molecular complexity index is 1520. The van der Waals surface area contributed by atoms with Crippen LogP contribution in [-0.4, -0.2) is 37.2 Å². The summed E-state index contributed by atoms with van der Waals surface area (Å²) in [4.78, 5) is 38.2. The van der Waals surface area contributed by atoms with E-state index in [9.17, 15) is 14.4 Å². The molecule has 0 aromatic rings. The van der Waals surface area contributed by atoms with Gasteiger partial charge in [-0.1, -0.05) is 259 Å². The molecule has 0 bridgehead atoms. The van der Waals surface area contributed by atoms with Crippen LogP contribution < -0.4 is 0 Å². The van der Waals surface area contributed by atoms with E-state index in [0.717, 1.165) is 122 Å². The van der Waals surface area contributed by atoms with Crippen molar-refractivity contribution in [3.05, 3.63) is 109 Å². The van der Waals surface area contributed by atoms with Gasteiger partial charge in [-0.3, -0.25) is 14.4 Å². The fraction of sp³-hybridized carbons (Fsp3) is 0.696. The lowest BCUT2D eigenvalue weighted by atomic mass is 10.0. The quantitative estimate of drug-likeness (QED) is 0.0261. The predicted molar refractivity (Wildman–Crippen MR) is 325 cm³/mol. The highest BCUT2D eigenvalue weighted by Crippen LogP contribution is 2.16. The van der Waals surface area contributed by atoms with Crippen LogP contribution in [0.3, 0.4) is 0 Å². The number of hydrogen-bond donors (Lipinski definition) is 0. The van der Waals surface area contributed by atoms with Gasteiger partial charge >= 0.3 is 17.9 Å². The Hall–Kier alpha value is -3.93. The number of esters is 3. The third kappa shape index (κ3) is 60.8. The van der Waals surface area contributed by atoms with Crippen molar-refractivity contribution in [1.82, 2.24) is 0 Å². The van der Waals surface area contributed by atoms with Crippen molar-refractivity contribution in [2.45, 2.75) is 297 Å². The third-order valence-corrected chi connectivity index (χ3v) is 13.2. The lowest BCUT2D eigenvalue weighted by Crippen LogP contribution is -2.30. The first-order chi connectivity index (χ1) is 37.0. The Kier molecular flexibility index (Phi) is 59.3. The van der Waals surface area contributed by atoms with Gasteiger partial charge in [0.25, 0.3) is 0 Å². The number of rotatable bonds is 56. The van der Waals surface area contributed by atoms with E-state index in [1.807, 2.05) is 0 Å². The van der Waals surface area contributed by atoms with Crippen molar-refractivity contribution in [3.63, 3.8) is 0 Å². The molecule has 1 atom stereocenters. The minimum absolute atomic E-state index is 0.100. The second-order valence-corrected chi connectivity index (χ2v) is 20.6. The van der Waals surface area contributed by atoms with Crippen LogP contribution in [0.4, 0.5) is 0 Å². The highest BCUT2D eigenvalue weighted by atomic mass is 16.6. The molecule has 0 aliphatic heterocycles. The minimum atomic E-state index is -0.808. The van der Waals surface area contributed by atoms with Gasteiger partial charge in [0.2, 0.25) is 0 Å². The summed E-state index contributed by atoms with van der Waals surface area (Å²) in [5.74, 6) is -0.954. The molecular weight excluding hydrogens is 925 g/mol. The van der Waals surface area contributed by atoms with E-state index in [1.54, 1.807) is 0 Å². The van der Waals surface area contributed by atoms with Crippen LogP contribution in [0.1, 0.15) is 290 Å². The number of unbranched alkanes of at least 4 members (excludes halogenated alkanes) is 27. The molecule has 0 aromatic heterocycles. The fourth-order valence-corrected chi connectivity index (χ4v) is 8.54. The van der Waals surface area contributed by atoms with Crippen LogP contribution in [0.5, 0.6) is 0 Å².